The smallest absolute Gasteiger partial charge is 0.0742 e. The van der Waals surface area contributed by atoms with Gasteiger partial charge in [0, 0.05) is 44.9 Å². The minimum Gasteiger partial charge on any atom is -0.311 e. The van der Waals surface area contributed by atoms with Gasteiger partial charge in [-0.25, -0.2) is 0 Å². The molecule has 2 aliphatic rings. The zero-order valence-corrected chi connectivity index (χ0v) is 45.6. The first-order chi connectivity index (χ1) is 41.2. The summed E-state index contributed by atoms with van der Waals surface area (Å²) in [6.07, 6.45) is 0. The fourth-order valence-corrected chi connectivity index (χ4v) is 14.2. The van der Waals surface area contributed by atoms with Gasteiger partial charge in [-0.05, 0) is 164 Å². The zero-order valence-electron chi connectivity index (χ0n) is 45.6. The maximum atomic E-state index is 2.68. The van der Waals surface area contributed by atoms with Crippen LogP contribution in [0.4, 0.5) is 34.1 Å². The molecule has 3 heteroatoms. The molecule has 16 rings (SSSR count). The lowest BCUT2D eigenvalue weighted by atomic mass is 9.58. The highest BCUT2D eigenvalue weighted by Crippen LogP contribution is 2.62. The van der Waals surface area contributed by atoms with Crippen molar-refractivity contribution in [2.75, 3.05) is 9.80 Å². The highest BCUT2D eigenvalue weighted by Gasteiger charge is 2.52. The van der Waals surface area contributed by atoms with Crippen molar-refractivity contribution in [2.24, 2.45) is 0 Å². The molecule has 13 aromatic carbocycles. The van der Waals surface area contributed by atoms with Crippen LogP contribution >= 0.6 is 0 Å². The predicted molar refractivity (Wildman–Crippen MR) is 345 cm³/mol. The minimum absolute atomic E-state index is 0.734. The third-order valence-corrected chi connectivity index (χ3v) is 17.6. The Kier molecular flexibility index (Phi) is 11.3. The lowest BCUT2D eigenvalue weighted by Crippen LogP contribution is -2.41. The summed E-state index contributed by atoms with van der Waals surface area (Å²) in [6, 6.07) is 124. The van der Waals surface area contributed by atoms with Gasteiger partial charge < -0.3 is 14.4 Å². The molecule has 1 aromatic heterocycles. The summed E-state index contributed by atoms with van der Waals surface area (Å²) in [6.45, 7) is 0. The average molecular weight is 1060 g/mol. The topological polar surface area (TPSA) is 11.4 Å². The van der Waals surface area contributed by atoms with Gasteiger partial charge in [0.15, 0.2) is 0 Å². The summed E-state index contributed by atoms with van der Waals surface area (Å²) in [4.78, 5) is 4.68. The number of hydrogen-bond donors (Lipinski definition) is 0. The number of anilines is 6. The molecule has 0 saturated heterocycles. The molecule has 3 heterocycles. The SMILES string of the molecule is c1ccc(N(c2ccccc2)c2ccc(-c3cc4c5c(c3)c3cc(-c6ccc(N(c7ccccc7)c7ccccc7)cc6)cc6c3n5-c3c(cccc3C6(c3ccccc3)c3ccccc3)C4(c3ccccc3)c3ccccc3)cc2)cc1. The Hall–Kier alpha value is -10.7. The molecule has 0 fully saturated rings. The van der Waals surface area contributed by atoms with Gasteiger partial charge in [-0.2, -0.15) is 0 Å². The largest absolute Gasteiger partial charge is 0.311 e. The molecule has 0 aliphatic carbocycles. The molecule has 0 N–H and O–H groups in total. The molecule has 3 nitrogen and oxygen atoms in total. The minimum atomic E-state index is -0.734. The van der Waals surface area contributed by atoms with Crippen LogP contribution in [0.15, 0.2) is 334 Å². The van der Waals surface area contributed by atoms with Crippen molar-refractivity contribution in [1.82, 2.24) is 4.57 Å². The van der Waals surface area contributed by atoms with Gasteiger partial charge in [-0.15, -0.1) is 0 Å². The first-order valence-corrected chi connectivity index (χ1v) is 28.7. The maximum absolute atomic E-state index is 2.68. The molecule has 0 saturated carbocycles. The lowest BCUT2D eigenvalue weighted by Gasteiger charge is -2.48. The van der Waals surface area contributed by atoms with Crippen molar-refractivity contribution < 1.29 is 0 Å². The molecular formula is C80H55N3. The molecule has 83 heavy (non-hydrogen) atoms. The summed E-state index contributed by atoms with van der Waals surface area (Å²) < 4.78 is 2.68. The van der Waals surface area contributed by atoms with E-state index in [2.05, 4.69) is 348 Å². The third-order valence-electron chi connectivity index (χ3n) is 17.6. The third kappa shape index (κ3) is 7.38. The summed E-state index contributed by atoms with van der Waals surface area (Å²) >= 11 is 0. The maximum Gasteiger partial charge on any atom is 0.0742 e. The summed E-state index contributed by atoms with van der Waals surface area (Å²) in [5.41, 5.74) is 23.4. The van der Waals surface area contributed by atoms with Crippen molar-refractivity contribution in [2.45, 2.75) is 10.8 Å². The Bertz CT molecular complexity index is 4210. The van der Waals surface area contributed by atoms with Gasteiger partial charge in [-0.1, -0.05) is 237 Å². The molecular weight excluding hydrogens is 1000 g/mol. The fraction of sp³-hybridized carbons (Fsp3) is 0.0250. The van der Waals surface area contributed by atoms with E-state index in [0.717, 1.165) is 56.4 Å². The fourth-order valence-electron chi connectivity index (χ4n) is 14.2. The second-order valence-electron chi connectivity index (χ2n) is 21.9. The van der Waals surface area contributed by atoms with Crippen molar-refractivity contribution in [3.63, 3.8) is 0 Å². The normalized spacial score (nSPS) is 13.3. The van der Waals surface area contributed by atoms with Gasteiger partial charge in [0.05, 0.1) is 27.6 Å². The Morgan fingerprint density at radius 3 is 0.771 bits per heavy atom. The molecule has 390 valence electrons. The lowest BCUT2D eigenvalue weighted by molar-refractivity contribution is 0.684. The van der Waals surface area contributed by atoms with E-state index in [1.807, 2.05) is 0 Å². The van der Waals surface area contributed by atoms with Crippen molar-refractivity contribution in [3.8, 4) is 27.9 Å². The van der Waals surface area contributed by atoms with E-state index in [9.17, 15) is 0 Å². The summed E-state index contributed by atoms with van der Waals surface area (Å²) in [5, 5.41) is 2.44. The van der Waals surface area contributed by atoms with E-state index in [-0.39, 0.29) is 0 Å². The number of nitrogens with zero attached hydrogens (tertiary/aromatic N) is 3. The van der Waals surface area contributed by atoms with Gasteiger partial charge in [-0.3, -0.25) is 0 Å². The van der Waals surface area contributed by atoms with Crippen LogP contribution in [0, 0.1) is 0 Å². The Balaban J connectivity index is 1.02. The zero-order chi connectivity index (χ0) is 54.9. The van der Waals surface area contributed by atoms with Crippen molar-refractivity contribution in [1.29, 1.82) is 0 Å². The molecule has 14 aromatic rings. The number of aromatic nitrogens is 1. The molecule has 0 bridgehead atoms. The van der Waals surface area contributed by atoms with Crippen LogP contribution in [-0.2, 0) is 10.8 Å². The highest BCUT2D eigenvalue weighted by molar-refractivity contribution is 6.17. The predicted octanol–water partition coefficient (Wildman–Crippen LogP) is 20.4. The standard InChI is InChI=1S/C80H55N3/c1-9-26-60(27-10-1)79(61-28-11-2-12-29-61)72-42-25-43-73-78(72)83-76-70(52-58(54-74(76)79)56-44-48-68(49-45-56)81(64-34-17-5-18-35-64)65-36-19-6-20-37-65)71-53-59(55-75(77(71)83)80(73,62-30-13-3-14-31-62)63-32-15-4-16-33-63)57-46-50-69(51-47-57)82(66-38-21-7-22-39-66)67-40-23-8-24-41-67/h1-55H. The Labute approximate surface area is 484 Å². The Morgan fingerprint density at radius 2 is 0.482 bits per heavy atom. The van der Waals surface area contributed by atoms with Gasteiger partial charge in [0.2, 0.25) is 0 Å². The van der Waals surface area contributed by atoms with Gasteiger partial charge in [0.1, 0.15) is 0 Å². The van der Waals surface area contributed by atoms with E-state index in [0.29, 0.717) is 0 Å². The molecule has 0 spiro atoms. The van der Waals surface area contributed by atoms with E-state index >= 15 is 0 Å². The van der Waals surface area contributed by atoms with Crippen LogP contribution in [0.2, 0.25) is 0 Å². The monoisotopic (exact) mass is 1060 g/mol. The molecule has 0 atom stereocenters. The molecule has 0 amide bonds. The van der Waals surface area contributed by atoms with Crippen LogP contribution in [0.25, 0.3) is 49.7 Å². The van der Waals surface area contributed by atoms with Crippen LogP contribution in [0.3, 0.4) is 0 Å². The Morgan fingerprint density at radius 1 is 0.217 bits per heavy atom. The van der Waals surface area contributed by atoms with Crippen LogP contribution in [0.5, 0.6) is 0 Å². The number of fused-ring (bicyclic) bond motifs is 1. The second-order valence-corrected chi connectivity index (χ2v) is 21.9. The van der Waals surface area contributed by atoms with E-state index in [4.69, 9.17) is 0 Å². The second kappa shape index (κ2) is 19.5. The van der Waals surface area contributed by atoms with Crippen LogP contribution in [0.1, 0.15) is 44.5 Å². The first-order valence-electron chi connectivity index (χ1n) is 28.7. The van der Waals surface area contributed by atoms with Gasteiger partial charge >= 0.3 is 0 Å². The molecule has 0 radical (unpaired) electrons. The highest BCUT2D eigenvalue weighted by atomic mass is 15.1. The first kappa shape index (κ1) is 48.2. The number of rotatable bonds is 12. The van der Waals surface area contributed by atoms with E-state index < -0.39 is 10.8 Å². The number of hydrogen-bond acceptors (Lipinski definition) is 2. The van der Waals surface area contributed by atoms with E-state index in [1.165, 1.54) is 72.0 Å². The molecule has 0 unspecified atom stereocenters. The summed E-state index contributed by atoms with van der Waals surface area (Å²) in [5.74, 6) is 0. The van der Waals surface area contributed by atoms with Crippen LogP contribution in [-0.4, -0.2) is 4.57 Å². The van der Waals surface area contributed by atoms with Gasteiger partial charge in [0.25, 0.3) is 0 Å². The van der Waals surface area contributed by atoms with Crippen molar-refractivity contribution in [3.05, 3.63) is 378 Å². The van der Waals surface area contributed by atoms with Crippen LogP contribution < -0.4 is 9.80 Å². The molecule has 2 aliphatic heterocycles. The summed E-state index contributed by atoms with van der Waals surface area (Å²) in [7, 11) is 0. The number of benzene rings is 13. The van der Waals surface area contributed by atoms with Crippen molar-refractivity contribution >= 4 is 55.9 Å². The average Bonchev–Trinajstić information content (AvgIpc) is 1.63. The quantitative estimate of drug-likeness (QED) is 0.121. The van der Waals surface area contributed by atoms with E-state index in [1.54, 1.807) is 0 Å². The number of para-hydroxylation sites is 5.